The Hall–Kier alpha value is -4.04. The Morgan fingerprint density at radius 1 is 1.00 bits per heavy atom. The van der Waals surface area contributed by atoms with Gasteiger partial charge in [-0.25, -0.2) is 0 Å². The molecule has 0 aliphatic heterocycles. The standard InChI is InChI=1S/C20H15BN6O/c1-11-7-14(10-23)8-12(2)17(11)28-19-16(21)18(24)26-20(27-19)25-15-5-3-13(9-22)4-6-15/h3-8H,1-2H3,(H3,24,25,26,27). The highest BCUT2D eigenvalue weighted by molar-refractivity contribution is 6.37. The summed E-state index contributed by atoms with van der Waals surface area (Å²) < 4.78 is 5.92. The first kappa shape index (κ1) is 18.7. The number of aromatic nitrogens is 2. The Bertz CT molecular complexity index is 1110. The van der Waals surface area contributed by atoms with Gasteiger partial charge in [0.1, 0.15) is 19.4 Å². The normalized spacial score (nSPS) is 10.0. The second kappa shape index (κ2) is 7.69. The molecule has 0 fully saturated rings. The van der Waals surface area contributed by atoms with E-state index in [2.05, 4.69) is 27.4 Å². The predicted octanol–water partition coefficient (Wildman–Crippen LogP) is 2.75. The Kier molecular flexibility index (Phi) is 5.15. The molecule has 0 unspecified atom stereocenters. The van der Waals surface area contributed by atoms with Crippen molar-refractivity contribution in [2.75, 3.05) is 11.1 Å². The molecule has 0 aliphatic carbocycles. The van der Waals surface area contributed by atoms with Gasteiger partial charge in [0.2, 0.25) is 11.8 Å². The lowest BCUT2D eigenvalue weighted by Crippen LogP contribution is -2.18. The number of hydrogen-bond donors (Lipinski definition) is 2. The molecule has 2 aromatic carbocycles. The monoisotopic (exact) mass is 366 g/mol. The highest BCUT2D eigenvalue weighted by atomic mass is 16.5. The average Bonchev–Trinajstić information content (AvgIpc) is 2.68. The van der Waals surface area contributed by atoms with Gasteiger partial charge in [0.15, 0.2) is 0 Å². The Morgan fingerprint density at radius 3 is 2.18 bits per heavy atom. The van der Waals surface area contributed by atoms with Crippen LogP contribution in [0.1, 0.15) is 22.3 Å². The number of ether oxygens (including phenoxy) is 1. The van der Waals surface area contributed by atoms with Crippen molar-refractivity contribution in [3.8, 4) is 23.8 Å². The summed E-state index contributed by atoms with van der Waals surface area (Å²) >= 11 is 0. The molecule has 0 saturated carbocycles. The van der Waals surface area contributed by atoms with Crippen molar-refractivity contribution in [1.82, 2.24) is 9.97 Å². The molecule has 0 saturated heterocycles. The van der Waals surface area contributed by atoms with Gasteiger partial charge in [-0.3, -0.25) is 0 Å². The lowest BCUT2D eigenvalue weighted by atomic mass is 9.98. The highest BCUT2D eigenvalue weighted by Crippen LogP contribution is 2.29. The van der Waals surface area contributed by atoms with E-state index in [1.54, 1.807) is 36.4 Å². The second-order valence-electron chi connectivity index (χ2n) is 6.12. The summed E-state index contributed by atoms with van der Waals surface area (Å²) in [7, 11) is 6.00. The van der Waals surface area contributed by atoms with Gasteiger partial charge in [-0.1, -0.05) is 0 Å². The maximum Gasteiger partial charge on any atom is 0.232 e. The molecule has 3 aromatic rings. The number of nitrogen functional groups attached to an aromatic ring is 1. The van der Waals surface area contributed by atoms with Crippen LogP contribution in [0.4, 0.5) is 17.5 Å². The summed E-state index contributed by atoms with van der Waals surface area (Å²) in [5.74, 6) is 0.938. The van der Waals surface area contributed by atoms with Crippen LogP contribution in [0.5, 0.6) is 11.6 Å². The van der Waals surface area contributed by atoms with Gasteiger partial charge in [0.25, 0.3) is 0 Å². The average molecular weight is 366 g/mol. The number of nitrogens with two attached hydrogens (primary N) is 1. The molecule has 7 nitrogen and oxygen atoms in total. The van der Waals surface area contributed by atoms with E-state index in [1.165, 1.54) is 0 Å². The number of benzene rings is 2. The molecule has 0 atom stereocenters. The largest absolute Gasteiger partial charge is 0.439 e. The molecule has 0 spiro atoms. The van der Waals surface area contributed by atoms with Crippen molar-refractivity contribution in [1.29, 1.82) is 10.5 Å². The highest BCUT2D eigenvalue weighted by Gasteiger charge is 2.14. The second-order valence-corrected chi connectivity index (χ2v) is 6.12. The molecule has 0 amide bonds. The molecule has 1 heterocycles. The number of nitrogens with zero attached hydrogens (tertiary/aromatic N) is 4. The summed E-state index contributed by atoms with van der Waals surface area (Å²) in [5.41, 5.74) is 9.34. The van der Waals surface area contributed by atoms with Crippen LogP contribution in [0, 0.1) is 36.5 Å². The van der Waals surface area contributed by atoms with Gasteiger partial charge in [-0.15, -0.1) is 0 Å². The van der Waals surface area contributed by atoms with Crippen LogP contribution in [0.3, 0.4) is 0 Å². The van der Waals surface area contributed by atoms with Crippen LogP contribution in [-0.2, 0) is 0 Å². The van der Waals surface area contributed by atoms with Gasteiger partial charge in [-0.2, -0.15) is 20.5 Å². The minimum atomic E-state index is 0.0742. The van der Waals surface area contributed by atoms with E-state index in [9.17, 15) is 0 Å². The van der Waals surface area contributed by atoms with Crippen LogP contribution in [0.25, 0.3) is 0 Å². The third-order valence-electron chi connectivity index (χ3n) is 4.00. The van der Waals surface area contributed by atoms with Gasteiger partial charge < -0.3 is 15.8 Å². The summed E-state index contributed by atoms with van der Waals surface area (Å²) in [6.07, 6.45) is 0. The number of nitriles is 2. The van der Waals surface area contributed by atoms with Gasteiger partial charge in [0, 0.05) is 11.2 Å². The number of anilines is 3. The first-order valence-corrected chi connectivity index (χ1v) is 8.30. The summed E-state index contributed by atoms with van der Waals surface area (Å²) in [6.45, 7) is 3.67. The summed E-state index contributed by atoms with van der Waals surface area (Å²) in [4.78, 5) is 8.44. The van der Waals surface area contributed by atoms with Gasteiger partial charge in [0.05, 0.1) is 23.3 Å². The number of nitrogens with one attached hydrogen (secondary N) is 1. The van der Waals surface area contributed by atoms with Crippen LogP contribution >= 0.6 is 0 Å². The van der Waals surface area contributed by atoms with Crippen molar-refractivity contribution >= 4 is 30.8 Å². The zero-order valence-electron chi connectivity index (χ0n) is 15.3. The lowest BCUT2D eigenvalue weighted by molar-refractivity contribution is 0.460. The number of hydrogen-bond acceptors (Lipinski definition) is 7. The van der Waals surface area contributed by atoms with Crippen molar-refractivity contribution < 1.29 is 4.74 Å². The lowest BCUT2D eigenvalue weighted by Gasteiger charge is -2.15. The number of aryl methyl sites for hydroxylation is 2. The maximum absolute atomic E-state index is 9.08. The van der Waals surface area contributed by atoms with E-state index in [4.69, 9.17) is 28.8 Å². The molecule has 8 heteroatoms. The number of rotatable bonds is 4. The zero-order valence-corrected chi connectivity index (χ0v) is 15.3. The fraction of sp³-hybridized carbons (Fsp3) is 0.100. The van der Waals surface area contributed by atoms with E-state index in [1.807, 2.05) is 13.8 Å². The molecule has 28 heavy (non-hydrogen) atoms. The minimum Gasteiger partial charge on any atom is -0.439 e. The third kappa shape index (κ3) is 3.87. The SMILES string of the molecule is [B]c1c(N)nc(Nc2ccc(C#N)cc2)nc1Oc1c(C)cc(C#N)cc1C. The Labute approximate surface area is 163 Å². The van der Waals surface area contributed by atoms with E-state index in [0.717, 1.165) is 11.1 Å². The Balaban J connectivity index is 1.94. The molecular weight excluding hydrogens is 351 g/mol. The smallest absolute Gasteiger partial charge is 0.232 e. The first-order valence-electron chi connectivity index (χ1n) is 8.30. The molecule has 0 bridgehead atoms. The zero-order chi connectivity index (χ0) is 20.3. The van der Waals surface area contributed by atoms with Gasteiger partial charge in [-0.05, 0) is 61.4 Å². The quantitative estimate of drug-likeness (QED) is 0.681. The van der Waals surface area contributed by atoms with E-state index >= 15 is 0 Å². The van der Waals surface area contributed by atoms with E-state index < -0.39 is 0 Å². The first-order chi connectivity index (χ1) is 13.4. The van der Waals surface area contributed by atoms with Crippen LogP contribution in [0.15, 0.2) is 36.4 Å². The van der Waals surface area contributed by atoms with E-state index in [-0.39, 0.29) is 23.1 Å². The summed E-state index contributed by atoms with van der Waals surface area (Å²) in [6, 6.07) is 14.4. The van der Waals surface area contributed by atoms with Crippen LogP contribution in [-0.4, -0.2) is 17.8 Å². The molecule has 3 N–H and O–H groups in total. The fourth-order valence-corrected chi connectivity index (χ4v) is 2.63. The van der Waals surface area contributed by atoms with Crippen LogP contribution < -0.4 is 21.3 Å². The molecule has 2 radical (unpaired) electrons. The van der Waals surface area contributed by atoms with Crippen molar-refractivity contribution in [3.63, 3.8) is 0 Å². The summed E-state index contributed by atoms with van der Waals surface area (Å²) in [5, 5.41) is 21.0. The topological polar surface area (TPSA) is 121 Å². The molecule has 0 aliphatic rings. The molecule has 134 valence electrons. The predicted molar refractivity (Wildman–Crippen MR) is 107 cm³/mol. The van der Waals surface area contributed by atoms with Crippen molar-refractivity contribution in [2.45, 2.75) is 13.8 Å². The fourth-order valence-electron chi connectivity index (χ4n) is 2.63. The van der Waals surface area contributed by atoms with Crippen molar-refractivity contribution in [2.24, 2.45) is 0 Å². The molecule has 1 aromatic heterocycles. The minimum absolute atomic E-state index is 0.0742. The van der Waals surface area contributed by atoms with Crippen molar-refractivity contribution in [3.05, 3.63) is 58.7 Å². The third-order valence-corrected chi connectivity index (χ3v) is 4.00. The van der Waals surface area contributed by atoms with Crippen LogP contribution in [0.2, 0.25) is 0 Å². The maximum atomic E-state index is 9.08. The molecule has 3 rings (SSSR count). The molecular formula is C20H15BN6O. The van der Waals surface area contributed by atoms with E-state index in [0.29, 0.717) is 22.6 Å². The Morgan fingerprint density at radius 2 is 1.61 bits per heavy atom. The van der Waals surface area contributed by atoms with Gasteiger partial charge >= 0.3 is 0 Å².